The van der Waals surface area contributed by atoms with Crippen LogP contribution in [0.4, 0.5) is 41.9 Å². The molecule has 553 valence electrons. The first kappa shape index (κ1) is 93.2. The van der Waals surface area contributed by atoms with Gasteiger partial charge in [-0.2, -0.15) is 0 Å². The number of nitrogens with one attached hydrogen (secondary N) is 1. The molecule has 0 aliphatic carbocycles. The number of benzene rings is 4. The molecule has 4 N–H and O–H groups in total. The number of nitrogen functional groups attached to an aromatic ring is 1. The fraction of sp³-hybridized carbons (Fsp3) is 0.581. The fourth-order valence-corrected chi connectivity index (χ4v) is 10.4. The van der Waals surface area contributed by atoms with Gasteiger partial charge >= 0.3 is 55.2 Å². The fourth-order valence-electron chi connectivity index (χ4n) is 10.2. The minimum atomic E-state index is -0.492. The summed E-state index contributed by atoms with van der Waals surface area (Å²) < 4.78 is 31.1. The van der Waals surface area contributed by atoms with Crippen molar-refractivity contribution in [2.75, 3.05) is 111 Å². The number of amides is 4. The summed E-state index contributed by atoms with van der Waals surface area (Å²) in [6.45, 7) is 32.9. The Hall–Kier alpha value is -6.84. The standard InChI is InChI=1S/C20H30N2O4.C18H28N2O3.C16H24N2O2.C10H17NO3.C6H7N.C4H7BrO2.B.ClH.Li.H/c1-5-25-18(23)15-22(16-9-7-6-8-10-16)17-11-13-21(14-12-17)19(24)26-20(2,3)4;1-18(2,3)23-17(22)19-11-9-16(10-12-19)20(13-14-21)15-7-5-4-6-8-15;1-16(2,3)20-15(19)18-11-9-14(10-12-18)17-13-7-5-4-6-8-13;1-10(2,3)14-9(13)11-6-4-8(12)5-7-11;7-6-4-2-1-3-5-6;1-2-7-4(6)3-5;;;;/h6-10,17H,5,11-15H2,1-4H3;4-8,16,21H,9-14H2,1-3H3;4-8,14,17H,9-12H2,1-3H3;4-7H2,1-3H3;1-5H,7H2;2-3H2,1H3;;1H;;/q;;;;;;;;+1;-1. The Morgan fingerprint density at radius 3 is 1.13 bits per heavy atom. The number of hydrogen-bond acceptors (Lipinski definition) is 18. The van der Waals surface area contributed by atoms with E-state index >= 15 is 0 Å². The zero-order valence-corrected chi connectivity index (χ0v) is 64.6. The first-order valence-corrected chi connectivity index (χ1v) is 35.0. The Bertz CT molecular complexity index is 2920. The number of alkyl halides is 1. The molecule has 4 aromatic carbocycles. The molecule has 4 aromatic rings. The average molecular weight is 1470 g/mol. The number of hydrogen-bond donors (Lipinski definition) is 3. The summed E-state index contributed by atoms with van der Waals surface area (Å²) >= 11 is 2.94. The Labute approximate surface area is 626 Å². The number of esters is 2. The van der Waals surface area contributed by atoms with Crippen LogP contribution in [-0.2, 0) is 42.8 Å². The van der Waals surface area contributed by atoms with E-state index in [1.54, 1.807) is 26.5 Å². The first-order valence-electron chi connectivity index (χ1n) is 33.9. The maximum Gasteiger partial charge on any atom is 1.00 e. The number of likely N-dealkylation sites (tertiary alicyclic amines) is 4. The minimum Gasteiger partial charge on any atom is -1.00 e. The van der Waals surface area contributed by atoms with E-state index in [1.807, 2.05) is 187 Å². The van der Waals surface area contributed by atoms with E-state index in [0.717, 1.165) is 74.4 Å². The van der Waals surface area contributed by atoms with Gasteiger partial charge in [0, 0.05) is 121 Å². The van der Waals surface area contributed by atoms with E-state index in [2.05, 4.69) is 60.0 Å². The van der Waals surface area contributed by atoms with Crippen molar-refractivity contribution in [1.82, 2.24) is 19.6 Å². The van der Waals surface area contributed by atoms with Crippen molar-refractivity contribution in [2.24, 2.45) is 0 Å². The van der Waals surface area contributed by atoms with Gasteiger partial charge in [-0.15, -0.1) is 12.4 Å². The maximum atomic E-state index is 12.2. The van der Waals surface area contributed by atoms with Gasteiger partial charge in [0.05, 0.1) is 19.8 Å². The number of piperidine rings is 4. The summed E-state index contributed by atoms with van der Waals surface area (Å²) in [4.78, 5) is 92.2. The van der Waals surface area contributed by atoms with Crippen LogP contribution < -0.4 is 39.7 Å². The molecule has 4 heterocycles. The number of halogens is 2. The van der Waals surface area contributed by atoms with Crippen LogP contribution in [-0.4, -0.2) is 206 Å². The third-order valence-electron chi connectivity index (χ3n) is 14.7. The Kier molecular flexibility index (Phi) is 44.8. The van der Waals surface area contributed by atoms with Crippen LogP contribution in [0.25, 0.3) is 0 Å². The summed E-state index contributed by atoms with van der Waals surface area (Å²) in [5, 5.41) is 13.2. The largest absolute Gasteiger partial charge is 1.00 e. The van der Waals surface area contributed by atoms with Crippen molar-refractivity contribution in [1.29, 1.82) is 0 Å². The normalized spacial score (nSPS) is 14.9. The van der Waals surface area contributed by atoms with Crippen LogP contribution in [0, 0.1) is 0 Å². The molecule has 0 atom stereocenters. The number of ketones is 1. The van der Waals surface area contributed by atoms with E-state index in [1.165, 1.54) is 0 Å². The summed E-state index contributed by atoms with van der Waals surface area (Å²) in [5.74, 6) is -0.210. The molecule has 100 heavy (non-hydrogen) atoms. The third kappa shape index (κ3) is 40.0. The molecule has 0 saturated carbocycles. The molecule has 0 bridgehead atoms. The second kappa shape index (κ2) is 48.1. The molecule has 4 fully saturated rings. The van der Waals surface area contributed by atoms with Gasteiger partial charge in [-0.25, -0.2) is 19.2 Å². The molecule has 3 radical (unpaired) electrons. The number of ether oxygens (including phenoxy) is 6. The van der Waals surface area contributed by atoms with E-state index in [0.29, 0.717) is 89.3 Å². The number of nitrogens with zero attached hydrogens (tertiary/aromatic N) is 6. The molecule has 0 spiro atoms. The molecule has 4 aliphatic rings. The van der Waals surface area contributed by atoms with Gasteiger partial charge in [-0.3, -0.25) is 14.4 Å². The first-order chi connectivity index (χ1) is 45.7. The Morgan fingerprint density at radius 1 is 0.510 bits per heavy atom. The molecular weight excluding hydrogens is 1360 g/mol. The Morgan fingerprint density at radius 2 is 0.820 bits per heavy atom. The number of carbonyl (C=O) groups excluding carboxylic acids is 7. The van der Waals surface area contributed by atoms with Crippen LogP contribution in [0.2, 0.25) is 0 Å². The van der Waals surface area contributed by atoms with Crippen molar-refractivity contribution in [3.8, 4) is 0 Å². The van der Waals surface area contributed by atoms with Crippen molar-refractivity contribution in [3.63, 3.8) is 0 Å². The number of aliphatic hydroxyl groups excluding tert-OH is 1. The van der Waals surface area contributed by atoms with Gasteiger partial charge in [-0.05, 0) is 184 Å². The maximum absolute atomic E-state index is 12.2. The third-order valence-corrected chi connectivity index (χ3v) is 15.2. The smallest absolute Gasteiger partial charge is 1.00 e. The monoisotopic (exact) mass is 1470 g/mol. The van der Waals surface area contributed by atoms with Crippen molar-refractivity contribution in [2.45, 2.75) is 189 Å². The van der Waals surface area contributed by atoms with Gasteiger partial charge in [0.1, 0.15) is 40.1 Å². The number of nitrogens with two attached hydrogens (primary N) is 1. The summed E-state index contributed by atoms with van der Waals surface area (Å²) in [6.07, 6.45) is 5.14. The van der Waals surface area contributed by atoms with Crippen molar-refractivity contribution in [3.05, 3.63) is 121 Å². The molecule has 4 aliphatic heterocycles. The number of para-hydroxylation sites is 4. The second-order valence-electron chi connectivity index (χ2n) is 27.5. The van der Waals surface area contributed by atoms with Gasteiger partial charge in [0.2, 0.25) is 0 Å². The molecule has 4 saturated heterocycles. The van der Waals surface area contributed by atoms with Crippen LogP contribution in [0.15, 0.2) is 121 Å². The minimum absolute atomic E-state index is 0. The Balaban J connectivity index is 0. The zero-order chi connectivity index (χ0) is 72.2. The zero-order valence-electron chi connectivity index (χ0n) is 63.2. The molecule has 26 heteroatoms. The molecular formula is C74H115BBrClLiN8O14. The van der Waals surface area contributed by atoms with Crippen LogP contribution in [0.3, 0.4) is 0 Å². The summed E-state index contributed by atoms with van der Waals surface area (Å²) in [5.41, 5.74) is 7.61. The van der Waals surface area contributed by atoms with Gasteiger partial charge < -0.3 is 75.4 Å². The van der Waals surface area contributed by atoms with Gasteiger partial charge in [0.25, 0.3) is 0 Å². The number of aliphatic hydroxyl groups is 1. The number of Topliss-reactive ketones (excluding diaryl/α,β-unsaturated/α-hetero) is 1. The summed E-state index contributed by atoms with van der Waals surface area (Å²) in [6, 6.07) is 40.7. The van der Waals surface area contributed by atoms with E-state index < -0.39 is 22.4 Å². The number of rotatable bonds is 13. The molecule has 0 aromatic heterocycles. The number of anilines is 4. The van der Waals surface area contributed by atoms with Crippen LogP contribution >= 0.6 is 28.3 Å². The average Bonchev–Trinajstić information content (AvgIpc) is 0.875. The van der Waals surface area contributed by atoms with E-state index in [-0.39, 0.29) is 102 Å². The second-order valence-corrected chi connectivity index (χ2v) is 28.1. The van der Waals surface area contributed by atoms with E-state index in [4.69, 9.17) is 29.4 Å². The van der Waals surface area contributed by atoms with Crippen molar-refractivity contribution >= 4 is 102 Å². The molecule has 22 nitrogen and oxygen atoms in total. The molecule has 0 unspecified atom stereocenters. The van der Waals surface area contributed by atoms with Gasteiger partial charge in [-0.1, -0.05) is 88.7 Å². The predicted molar refractivity (Wildman–Crippen MR) is 401 cm³/mol. The van der Waals surface area contributed by atoms with Crippen LogP contribution in [0.5, 0.6) is 0 Å². The topological polar surface area (TPSA) is 253 Å². The van der Waals surface area contributed by atoms with Crippen LogP contribution in [0.1, 0.15) is 150 Å². The van der Waals surface area contributed by atoms with E-state index in [9.17, 15) is 38.7 Å². The predicted octanol–water partition coefficient (Wildman–Crippen LogP) is 10.8. The molecule has 4 amide bonds. The quantitative estimate of drug-likeness (QED) is 0.0370. The summed E-state index contributed by atoms with van der Waals surface area (Å²) in [7, 11) is 0. The molecule has 8 rings (SSSR count). The number of carbonyl (C=O) groups is 7. The SMILES string of the molecule is CC(C)(C)OC(=O)N1CCC(=O)CC1.CC(C)(C)OC(=O)N1CCC(N(CCO)c2ccccc2)CC1.CC(C)(C)OC(=O)N1CCC(Nc2ccccc2)CC1.CCOC(=O)CBr.CCOC(=O)CN(c1ccccc1)C1CCN(C(=O)OC(C)(C)C)CC1.Cl.Nc1ccccc1.[B].[H-].[Li+]. The van der Waals surface area contributed by atoms with Crippen molar-refractivity contribution < 1.29 is 87.4 Å². The van der Waals surface area contributed by atoms with Gasteiger partial charge in [0.15, 0.2) is 0 Å².